The topological polar surface area (TPSA) is 35.2 Å². The molecule has 0 radical (unpaired) electrons. The van der Waals surface area contributed by atoms with Crippen molar-refractivity contribution in [2.75, 3.05) is 0 Å². The molecule has 0 spiro atoms. The lowest BCUT2D eigenvalue weighted by Crippen LogP contribution is -1.96. The third-order valence-corrected chi connectivity index (χ3v) is 2.64. The fourth-order valence-corrected chi connectivity index (χ4v) is 1.67. The highest BCUT2D eigenvalue weighted by molar-refractivity contribution is 6.32. The number of hydrogen-bond acceptors (Lipinski definition) is 2. The lowest BCUT2D eigenvalue weighted by molar-refractivity contribution is 0.438. The van der Waals surface area contributed by atoms with Gasteiger partial charge in [-0.1, -0.05) is 17.7 Å². The Balaban J connectivity index is 2.28. The minimum Gasteiger partial charge on any atom is -0.453 e. The molecule has 2 N–H and O–H groups in total. The van der Waals surface area contributed by atoms with Gasteiger partial charge in [-0.25, -0.2) is 8.78 Å². The Kier molecular flexibility index (Phi) is 3.79. The summed E-state index contributed by atoms with van der Waals surface area (Å²) in [5.41, 5.74) is 6.30. The predicted octanol–water partition coefficient (Wildman–Crippen LogP) is 3.87. The maximum Gasteiger partial charge on any atom is 0.168 e. The first-order valence-electron chi connectivity index (χ1n) is 5.21. The fraction of sp³-hybridized carbons (Fsp3) is 0.0769. The second kappa shape index (κ2) is 5.33. The Morgan fingerprint density at radius 1 is 1.06 bits per heavy atom. The summed E-state index contributed by atoms with van der Waals surface area (Å²) in [7, 11) is 0. The zero-order chi connectivity index (χ0) is 13.1. The van der Waals surface area contributed by atoms with E-state index in [-0.39, 0.29) is 5.75 Å². The van der Waals surface area contributed by atoms with Crippen molar-refractivity contribution in [2.24, 2.45) is 5.73 Å². The summed E-state index contributed by atoms with van der Waals surface area (Å²) >= 11 is 5.96. The molecule has 0 aliphatic carbocycles. The molecule has 18 heavy (non-hydrogen) atoms. The fourth-order valence-electron chi connectivity index (χ4n) is 1.43. The number of benzene rings is 2. The number of ether oxygens (including phenoxy) is 1. The second-order valence-electron chi connectivity index (χ2n) is 3.65. The molecule has 0 aliphatic rings. The second-order valence-corrected chi connectivity index (χ2v) is 4.05. The Morgan fingerprint density at radius 2 is 1.78 bits per heavy atom. The summed E-state index contributed by atoms with van der Waals surface area (Å²) in [6.45, 7) is 0.352. The van der Waals surface area contributed by atoms with Crippen LogP contribution in [-0.2, 0) is 6.54 Å². The first-order chi connectivity index (χ1) is 8.60. The van der Waals surface area contributed by atoms with E-state index in [1.807, 2.05) is 0 Å². The zero-order valence-corrected chi connectivity index (χ0v) is 10.0. The average Bonchev–Trinajstić information content (AvgIpc) is 2.34. The molecule has 0 saturated carbocycles. The van der Waals surface area contributed by atoms with Crippen LogP contribution in [0.3, 0.4) is 0 Å². The highest BCUT2D eigenvalue weighted by atomic mass is 35.5. The smallest absolute Gasteiger partial charge is 0.168 e. The molecule has 2 rings (SSSR count). The average molecular weight is 270 g/mol. The molecule has 2 aromatic rings. The molecule has 2 aromatic carbocycles. The summed E-state index contributed by atoms with van der Waals surface area (Å²) in [5.74, 6) is -1.24. The molecule has 0 fully saturated rings. The Hall–Kier alpha value is -1.65. The molecule has 0 saturated heterocycles. The van der Waals surface area contributed by atoms with Crippen molar-refractivity contribution in [1.29, 1.82) is 0 Å². The van der Waals surface area contributed by atoms with Gasteiger partial charge in [0.1, 0.15) is 11.6 Å². The van der Waals surface area contributed by atoms with Crippen LogP contribution >= 0.6 is 11.6 Å². The van der Waals surface area contributed by atoms with Gasteiger partial charge in [-0.05, 0) is 29.8 Å². The van der Waals surface area contributed by atoms with Crippen LogP contribution in [0.25, 0.3) is 0 Å². The molecule has 0 unspecified atom stereocenters. The summed E-state index contributed by atoms with van der Waals surface area (Å²) in [4.78, 5) is 0. The van der Waals surface area contributed by atoms with Crippen molar-refractivity contribution in [2.45, 2.75) is 6.54 Å². The molecular weight excluding hydrogens is 260 g/mol. The van der Waals surface area contributed by atoms with Gasteiger partial charge in [0.25, 0.3) is 0 Å². The maximum atomic E-state index is 13.4. The van der Waals surface area contributed by atoms with Gasteiger partial charge in [0.2, 0.25) is 0 Å². The van der Waals surface area contributed by atoms with Gasteiger partial charge in [0, 0.05) is 12.6 Å². The normalized spacial score (nSPS) is 10.4. The highest BCUT2D eigenvalue weighted by Gasteiger charge is 2.09. The van der Waals surface area contributed by atoms with E-state index < -0.39 is 11.6 Å². The third-order valence-electron chi connectivity index (χ3n) is 2.35. The summed E-state index contributed by atoms with van der Waals surface area (Å²) in [6, 6.07) is 8.02. The van der Waals surface area contributed by atoms with Gasteiger partial charge in [-0.2, -0.15) is 0 Å². The minimum absolute atomic E-state index is 0.0844. The Morgan fingerprint density at radius 3 is 2.39 bits per heavy atom. The van der Waals surface area contributed by atoms with Crippen LogP contribution in [0.4, 0.5) is 8.78 Å². The van der Waals surface area contributed by atoms with E-state index in [1.165, 1.54) is 6.07 Å². The van der Waals surface area contributed by atoms with Crippen molar-refractivity contribution in [3.05, 3.63) is 58.6 Å². The first-order valence-corrected chi connectivity index (χ1v) is 5.59. The van der Waals surface area contributed by atoms with Crippen molar-refractivity contribution >= 4 is 11.6 Å². The minimum atomic E-state index is -0.783. The molecule has 0 atom stereocenters. The quantitative estimate of drug-likeness (QED) is 0.918. The number of rotatable bonds is 3. The van der Waals surface area contributed by atoms with Gasteiger partial charge >= 0.3 is 0 Å². The molecule has 0 aliphatic heterocycles. The number of nitrogens with two attached hydrogens (primary N) is 1. The third kappa shape index (κ3) is 2.78. The summed E-state index contributed by atoms with van der Waals surface area (Å²) < 4.78 is 31.4. The SMILES string of the molecule is NCc1ccc(Oc2ccc(F)cc2F)c(Cl)c1. The van der Waals surface area contributed by atoms with Gasteiger partial charge in [-0.3, -0.25) is 0 Å². The Bertz CT molecular complexity index is 575. The number of halogens is 3. The molecular formula is C13H10ClF2NO. The predicted molar refractivity (Wildman–Crippen MR) is 65.8 cm³/mol. The molecule has 0 aromatic heterocycles. The molecule has 2 nitrogen and oxygen atoms in total. The van der Waals surface area contributed by atoms with Crippen LogP contribution in [0.1, 0.15) is 5.56 Å². The number of hydrogen-bond donors (Lipinski definition) is 1. The summed E-state index contributed by atoms with van der Waals surface area (Å²) in [6.07, 6.45) is 0. The van der Waals surface area contributed by atoms with Crippen LogP contribution in [0, 0.1) is 11.6 Å². The van der Waals surface area contributed by atoms with Gasteiger partial charge < -0.3 is 10.5 Å². The van der Waals surface area contributed by atoms with Crippen molar-refractivity contribution in [1.82, 2.24) is 0 Å². The van der Waals surface area contributed by atoms with E-state index in [2.05, 4.69) is 0 Å². The van der Waals surface area contributed by atoms with E-state index in [4.69, 9.17) is 22.1 Å². The van der Waals surface area contributed by atoms with Crippen LogP contribution in [0.5, 0.6) is 11.5 Å². The Labute approximate surface area is 108 Å². The highest BCUT2D eigenvalue weighted by Crippen LogP contribution is 2.31. The van der Waals surface area contributed by atoms with Crippen LogP contribution in [0.2, 0.25) is 5.02 Å². The van der Waals surface area contributed by atoms with E-state index in [0.29, 0.717) is 17.3 Å². The van der Waals surface area contributed by atoms with E-state index in [0.717, 1.165) is 17.7 Å². The van der Waals surface area contributed by atoms with Crippen molar-refractivity contribution < 1.29 is 13.5 Å². The van der Waals surface area contributed by atoms with Crippen LogP contribution < -0.4 is 10.5 Å². The van der Waals surface area contributed by atoms with Crippen LogP contribution in [0.15, 0.2) is 36.4 Å². The standard InChI is InChI=1S/C13H10ClF2NO/c14-10-5-8(7-17)1-3-12(10)18-13-4-2-9(15)6-11(13)16/h1-6H,7,17H2. The monoisotopic (exact) mass is 269 g/mol. The molecule has 5 heteroatoms. The first kappa shape index (κ1) is 12.8. The molecule has 0 amide bonds. The van der Waals surface area contributed by atoms with Gasteiger partial charge in [-0.15, -0.1) is 0 Å². The molecule has 94 valence electrons. The molecule has 0 bridgehead atoms. The molecule has 0 heterocycles. The van der Waals surface area contributed by atoms with E-state index >= 15 is 0 Å². The van der Waals surface area contributed by atoms with Crippen molar-refractivity contribution in [3.8, 4) is 11.5 Å². The maximum absolute atomic E-state index is 13.4. The lowest BCUT2D eigenvalue weighted by Gasteiger charge is -2.09. The van der Waals surface area contributed by atoms with E-state index in [1.54, 1.807) is 18.2 Å². The van der Waals surface area contributed by atoms with Gasteiger partial charge in [0.15, 0.2) is 11.6 Å². The van der Waals surface area contributed by atoms with Crippen LogP contribution in [-0.4, -0.2) is 0 Å². The lowest BCUT2D eigenvalue weighted by atomic mass is 10.2. The van der Waals surface area contributed by atoms with Gasteiger partial charge in [0.05, 0.1) is 5.02 Å². The van der Waals surface area contributed by atoms with Crippen molar-refractivity contribution in [3.63, 3.8) is 0 Å². The van der Waals surface area contributed by atoms with E-state index in [9.17, 15) is 8.78 Å². The summed E-state index contributed by atoms with van der Waals surface area (Å²) in [5, 5.41) is 0.321. The largest absolute Gasteiger partial charge is 0.453 e. The zero-order valence-electron chi connectivity index (χ0n) is 9.29.